The van der Waals surface area contributed by atoms with Crippen LogP contribution in [0.4, 0.5) is 0 Å². The third-order valence-electron chi connectivity index (χ3n) is 17.3. The second kappa shape index (κ2) is 16.8. The van der Waals surface area contributed by atoms with Gasteiger partial charge >= 0.3 is 0 Å². The maximum atomic E-state index is 2.48. The second-order valence-electron chi connectivity index (χ2n) is 22.0. The van der Waals surface area contributed by atoms with Gasteiger partial charge in [0, 0.05) is 57.2 Å². The van der Waals surface area contributed by atoms with Crippen LogP contribution in [-0.2, 0) is 5.41 Å². The highest BCUT2D eigenvalue weighted by atomic mass is 32.1. The molecule has 0 atom stereocenters. The Labute approximate surface area is 464 Å². The van der Waals surface area contributed by atoms with Crippen LogP contribution in [0.25, 0.3) is 151 Å². The summed E-state index contributed by atoms with van der Waals surface area (Å²) in [5.41, 5.74) is 17.6. The largest absolute Gasteiger partial charge is 0.309 e. The van der Waals surface area contributed by atoms with Gasteiger partial charge in [-0.1, -0.05) is 184 Å². The monoisotopic (exact) mass is 1040 g/mol. The van der Waals surface area contributed by atoms with Crippen LogP contribution in [0.5, 0.6) is 0 Å². The van der Waals surface area contributed by atoms with Crippen molar-refractivity contribution in [3.8, 4) is 64.3 Å². The Kier molecular flexibility index (Phi) is 9.54. The summed E-state index contributed by atoms with van der Waals surface area (Å²) in [5, 5.41) is 15.2. The smallest absolute Gasteiger partial charge is 0.0546 e. The van der Waals surface area contributed by atoms with Gasteiger partial charge in [-0.25, -0.2) is 0 Å². The molecular formula is C75H48N2S2. The zero-order valence-electron chi connectivity index (χ0n) is 43.5. The van der Waals surface area contributed by atoms with Gasteiger partial charge in [0.1, 0.15) is 0 Å². The molecule has 4 aromatic heterocycles. The molecule has 1 aliphatic rings. The molecule has 0 aliphatic heterocycles. The molecule has 2 nitrogen and oxygen atoms in total. The lowest BCUT2D eigenvalue weighted by atomic mass is 9.81. The van der Waals surface area contributed by atoms with E-state index in [0.29, 0.717) is 0 Å². The third kappa shape index (κ3) is 6.63. The van der Waals surface area contributed by atoms with Gasteiger partial charge in [-0.2, -0.15) is 0 Å². The predicted molar refractivity (Wildman–Crippen MR) is 340 cm³/mol. The molecule has 17 rings (SSSR count). The van der Waals surface area contributed by atoms with Crippen molar-refractivity contribution in [2.45, 2.75) is 19.3 Å². The van der Waals surface area contributed by atoms with E-state index in [0.717, 1.165) is 0 Å². The summed E-state index contributed by atoms with van der Waals surface area (Å²) in [6.45, 7) is 4.81. The first kappa shape index (κ1) is 44.8. The van der Waals surface area contributed by atoms with Gasteiger partial charge in [0.15, 0.2) is 0 Å². The molecule has 0 fully saturated rings. The van der Waals surface area contributed by atoms with Crippen molar-refractivity contribution in [3.05, 3.63) is 266 Å². The molecule has 370 valence electrons. The fourth-order valence-electron chi connectivity index (χ4n) is 13.6. The Morgan fingerprint density at radius 3 is 1.03 bits per heavy atom. The molecule has 0 saturated carbocycles. The molecule has 79 heavy (non-hydrogen) atoms. The first-order chi connectivity index (χ1) is 38.9. The molecule has 0 amide bonds. The Morgan fingerprint density at radius 2 is 0.595 bits per heavy atom. The van der Waals surface area contributed by atoms with E-state index in [9.17, 15) is 0 Å². The van der Waals surface area contributed by atoms with Crippen LogP contribution in [-0.4, -0.2) is 9.13 Å². The minimum absolute atomic E-state index is 0.165. The van der Waals surface area contributed by atoms with Crippen molar-refractivity contribution in [1.29, 1.82) is 0 Å². The zero-order chi connectivity index (χ0) is 52.1. The van der Waals surface area contributed by atoms with Gasteiger partial charge in [-0.05, 0) is 162 Å². The van der Waals surface area contributed by atoms with E-state index in [-0.39, 0.29) is 5.41 Å². The average molecular weight is 1040 g/mol. The van der Waals surface area contributed by atoms with Gasteiger partial charge in [0.05, 0.1) is 33.4 Å². The maximum Gasteiger partial charge on any atom is 0.0546 e. The van der Waals surface area contributed by atoms with Gasteiger partial charge in [0.2, 0.25) is 0 Å². The number of hydrogen-bond donors (Lipinski definition) is 0. The van der Waals surface area contributed by atoms with E-state index < -0.39 is 0 Å². The zero-order valence-corrected chi connectivity index (χ0v) is 45.1. The minimum atomic E-state index is -0.165. The standard InChI is InChI=1S/C75H48N2S2/c1-75(2)63-41-49(73-37-35-71(78-73)47-29-33-67-61(39-47)59-23-11-13-25-65(59)76(67)69-43-45-15-3-5-17-51(45)53-19-7-9-21-57(53)69)27-31-55(63)56-32-28-50(42-64(56)75)74-38-36-72(79-74)48-30-34-68-62(40-48)60-24-12-14-26-66(60)77(68)70-44-46-16-4-6-18-52(46)54-20-8-10-22-58(54)70/h3-44H,1-2H3. The molecule has 0 radical (unpaired) electrons. The van der Waals surface area contributed by atoms with Gasteiger partial charge in [-0.3, -0.25) is 0 Å². The molecule has 4 heteroatoms. The SMILES string of the molecule is CC1(C)c2cc(-c3ccc(-c4ccc5c(c4)c4ccccc4n5-c4cc5ccccc5c5ccccc45)s3)ccc2-c2ccc(-c3ccc(-c4ccc5c(c4)c4ccccc4n5-c4cc5ccccc5c5ccccc45)s3)cc21. The first-order valence-corrected chi connectivity index (χ1v) is 28.9. The van der Waals surface area contributed by atoms with E-state index in [1.807, 2.05) is 22.7 Å². The third-order valence-corrected chi connectivity index (χ3v) is 19.7. The van der Waals surface area contributed by atoms with E-state index in [1.54, 1.807) is 0 Å². The molecule has 0 spiro atoms. The Morgan fingerprint density at radius 1 is 0.266 bits per heavy atom. The normalized spacial score (nSPS) is 13.0. The highest BCUT2D eigenvalue weighted by Crippen LogP contribution is 2.52. The molecule has 0 bridgehead atoms. The Hall–Kier alpha value is -9.32. The summed E-state index contributed by atoms with van der Waals surface area (Å²) in [6, 6.07) is 95.5. The molecule has 4 heterocycles. The van der Waals surface area contributed by atoms with Crippen molar-refractivity contribution in [3.63, 3.8) is 0 Å². The molecule has 0 unspecified atom stereocenters. The lowest BCUT2D eigenvalue weighted by Gasteiger charge is -2.22. The highest BCUT2D eigenvalue weighted by Gasteiger charge is 2.36. The summed E-state index contributed by atoms with van der Waals surface area (Å²) in [7, 11) is 0. The van der Waals surface area contributed by atoms with E-state index >= 15 is 0 Å². The molecule has 16 aromatic rings. The topological polar surface area (TPSA) is 9.86 Å². The molecule has 12 aromatic carbocycles. The van der Waals surface area contributed by atoms with Crippen molar-refractivity contribution >= 4 is 109 Å². The fraction of sp³-hybridized carbons (Fsp3) is 0.0400. The lowest BCUT2D eigenvalue weighted by Crippen LogP contribution is -2.15. The van der Waals surface area contributed by atoms with Gasteiger partial charge in [-0.15, -0.1) is 22.7 Å². The number of nitrogens with zero attached hydrogens (tertiary/aromatic N) is 2. The number of benzene rings is 12. The van der Waals surface area contributed by atoms with Crippen molar-refractivity contribution in [2.75, 3.05) is 0 Å². The number of rotatable bonds is 6. The first-order valence-electron chi connectivity index (χ1n) is 27.3. The molecular weight excluding hydrogens is 993 g/mol. The number of para-hydroxylation sites is 2. The Balaban J connectivity index is 0.683. The number of fused-ring (bicyclic) bond motifs is 15. The minimum Gasteiger partial charge on any atom is -0.309 e. The van der Waals surface area contributed by atoms with Crippen molar-refractivity contribution < 1.29 is 0 Å². The van der Waals surface area contributed by atoms with Crippen molar-refractivity contribution in [1.82, 2.24) is 9.13 Å². The van der Waals surface area contributed by atoms with Crippen LogP contribution in [0.15, 0.2) is 255 Å². The van der Waals surface area contributed by atoms with Crippen LogP contribution in [0.2, 0.25) is 0 Å². The lowest BCUT2D eigenvalue weighted by molar-refractivity contribution is 0.661. The molecule has 0 saturated heterocycles. The van der Waals surface area contributed by atoms with Gasteiger partial charge in [0.25, 0.3) is 0 Å². The van der Waals surface area contributed by atoms with Crippen LogP contribution < -0.4 is 0 Å². The number of thiophene rings is 2. The summed E-state index contributed by atoms with van der Waals surface area (Å²) in [4.78, 5) is 5.11. The number of hydrogen-bond acceptors (Lipinski definition) is 2. The summed E-state index contributed by atoms with van der Waals surface area (Å²) in [6.07, 6.45) is 0. The summed E-state index contributed by atoms with van der Waals surface area (Å²) < 4.78 is 4.95. The van der Waals surface area contributed by atoms with Crippen LogP contribution in [0.1, 0.15) is 25.0 Å². The van der Waals surface area contributed by atoms with E-state index in [1.165, 1.54) is 162 Å². The molecule has 1 aliphatic carbocycles. The average Bonchev–Trinajstić information content (AvgIpc) is 4.54. The Bertz CT molecular complexity index is 4920. The van der Waals surface area contributed by atoms with Crippen LogP contribution in [0.3, 0.4) is 0 Å². The van der Waals surface area contributed by atoms with Crippen LogP contribution >= 0.6 is 22.7 Å². The summed E-state index contributed by atoms with van der Waals surface area (Å²) in [5.74, 6) is 0. The highest BCUT2D eigenvalue weighted by molar-refractivity contribution is 7.19. The summed E-state index contributed by atoms with van der Waals surface area (Å²) >= 11 is 3.77. The number of aromatic nitrogens is 2. The maximum absolute atomic E-state index is 2.48. The van der Waals surface area contributed by atoms with E-state index in [2.05, 4.69) is 278 Å². The molecule has 0 N–H and O–H groups in total. The fourth-order valence-corrected chi connectivity index (χ4v) is 15.5. The van der Waals surface area contributed by atoms with Crippen molar-refractivity contribution in [2.24, 2.45) is 0 Å². The van der Waals surface area contributed by atoms with Gasteiger partial charge < -0.3 is 9.13 Å². The second-order valence-corrected chi connectivity index (χ2v) is 24.1. The van der Waals surface area contributed by atoms with Crippen LogP contribution in [0, 0.1) is 0 Å². The quantitative estimate of drug-likeness (QED) is 0.147. The van der Waals surface area contributed by atoms with E-state index in [4.69, 9.17) is 0 Å². The predicted octanol–water partition coefficient (Wildman–Crippen LogP) is 21.6.